The summed E-state index contributed by atoms with van der Waals surface area (Å²) in [5.74, 6) is -1.08. The SMILES string of the molecule is CC(=O)C1=C(C)NC(SCC(=O)c2ccc(F)cc2)=C(C#N)[C@H]1c1cccc(C)c1. The van der Waals surface area contributed by atoms with E-state index in [9.17, 15) is 19.2 Å². The summed E-state index contributed by atoms with van der Waals surface area (Å²) in [5.41, 5.74) is 3.93. The number of hydrogen-bond acceptors (Lipinski definition) is 5. The minimum Gasteiger partial charge on any atom is -0.353 e. The third kappa shape index (κ3) is 4.52. The van der Waals surface area contributed by atoms with Crippen molar-refractivity contribution >= 4 is 23.3 Å². The highest BCUT2D eigenvalue weighted by molar-refractivity contribution is 8.03. The van der Waals surface area contributed by atoms with Gasteiger partial charge in [0.1, 0.15) is 5.82 Å². The third-order valence-corrected chi connectivity index (χ3v) is 5.93. The number of carbonyl (C=O) groups excluding carboxylic acids is 2. The molecule has 1 heterocycles. The number of nitrogens with one attached hydrogen (secondary N) is 1. The first kappa shape index (κ1) is 21.5. The molecule has 0 spiro atoms. The molecule has 1 N–H and O–H groups in total. The Hall–Kier alpha value is -3.17. The molecule has 0 saturated heterocycles. The number of nitrogens with zero attached hydrogens (tertiary/aromatic N) is 1. The van der Waals surface area contributed by atoms with Crippen molar-refractivity contribution in [1.29, 1.82) is 5.26 Å². The van der Waals surface area contributed by atoms with Crippen LogP contribution in [0.15, 0.2) is 70.4 Å². The zero-order chi connectivity index (χ0) is 21.8. The number of dihydropyridines is 1. The molecule has 0 saturated carbocycles. The van der Waals surface area contributed by atoms with Crippen LogP contribution in [0.1, 0.15) is 41.3 Å². The van der Waals surface area contributed by atoms with E-state index < -0.39 is 11.7 Å². The van der Waals surface area contributed by atoms with E-state index in [1.807, 2.05) is 31.2 Å². The maximum Gasteiger partial charge on any atom is 0.173 e. The first-order valence-corrected chi connectivity index (χ1v) is 10.4. The number of rotatable bonds is 6. The number of aryl methyl sites for hydroxylation is 1. The Kier molecular flexibility index (Phi) is 6.53. The normalized spacial score (nSPS) is 16.2. The van der Waals surface area contributed by atoms with Crippen molar-refractivity contribution in [2.24, 2.45) is 0 Å². The molecule has 152 valence electrons. The Morgan fingerprint density at radius 1 is 1.17 bits per heavy atom. The molecule has 2 aromatic rings. The molecule has 0 bridgehead atoms. The minimum atomic E-state index is -0.489. The lowest BCUT2D eigenvalue weighted by Gasteiger charge is -2.29. The summed E-state index contributed by atoms with van der Waals surface area (Å²) >= 11 is 1.21. The van der Waals surface area contributed by atoms with Gasteiger partial charge in [-0.1, -0.05) is 41.6 Å². The van der Waals surface area contributed by atoms with E-state index in [1.165, 1.54) is 43.0 Å². The van der Waals surface area contributed by atoms with Crippen LogP contribution >= 0.6 is 11.8 Å². The number of Topliss-reactive ketones (excluding diaryl/α,β-unsaturated/α-hetero) is 2. The van der Waals surface area contributed by atoms with Crippen molar-refractivity contribution in [2.45, 2.75) is 26.7 Å². The zero-order valence-corrected chi connectivity index (χ0v) is 17.8. The lowest BCUT2D eigenvalue weighted by molar-refractivity contribution is -0.113. The average molecular weight is 421 g/mol. The molecule has 0 amide bonds. The molecule has 6 heteroatoms. The smallest absolute Gasteiger partial charge is 0.173 e. The fraction of sp³-hybridized carbons (Fsp3) is 0.208. The number of halogens is 1. The second-order valence-electron chi connectivity index (χ2n) is 7.14. The quantitative estimate of drug-likeness (QED) is 0.664. The molecule has 4 nitrogen and oxygen atoms in total. The highest BCUT2D eigenvalue weighted by Crippen LogP contribution is 2.41. The van der Waals surface area contributed by atoms with Crippen molar-refractivity contribution < 1.29 is 14.0 Å². The highest BCUT2D eigenvalue weighted by Gasteiger charge is 2.33. The second kappa shape index (κ2) is 9.10. The van der Waals surface area contributed by atoms with Crippen LogP contribution in [0.25, 0.3) is 0 Å². The van der Waals surface area contributed by atoms with Gasteiger partial charge in [-0.2, -0.15) is 5.26 Å². The van der Waals surface area contributed by atoms with Crippen LogP contribution in [0.4, 0.5) is 4.39 Å². The summed E-state index contributed by atoms with van der Waals surface area (Å²) in [6, 6.07) is 15.4. The van der Waals surface area contributed by atoms with Gasteiger partial charge >= 0.3 is 0 Å². The van der Waals surface area contributed by atoms with Gasteiger partial charge in [0, 0.05) is 16.8 Å². The molecule has 1 aliphatic rings. The zero-order valence-electron chi connectivity index (χ0n) is 17.0. The first-order chi connectivity index (χ1) is 14.3. The summed E-state index contributed by atoms with van der Waals surface area (Å²) in [4.78, 5) is 24.9. The summed E-state index contributed by atoms with van der Waals surface area (Å²) in [6.07, 6.45) is 0. The highest BCUT2D eigenvalue weighted by atomic mass is 32.2. The number of thioether (sulfide) groups is 1. The van der Waals surface area contributed by atoms with Crippen LogP contribution in [0, 0.1) is 24.1 Å². The van der Waals surface area contributed by atoms with Crippen LogP contribution in [0.3, 0.4) is 0 Å². The van der Waals surface area contributed by atoms with Crippen LogP contribution < -0.4 is 5.32 Å². The van der Waals surface area contributed by atoms with Gasteiger partial charge in [-0.25, -0.2) is 4.39 Å². The van der Waals surface area contributed by atoms with Crippen molar-refractivity contribution in [1.82, 2.24) is 5.32 Å². The van der Waals surface area contributed by atoms with Crippen LogP contribution in [-0.4, -0.2) is 17.3 Å². The Morgan fingerprint density at radius 3 is 2.47 bits per heavy atom. The number of benzene rings is 2. The van der Waals surface area contributed by atoms with Gasteiger partial charge in [0.05, 0.1) is 28.3 Å². The topological polar surface area (TPSA) is 70.0 Å². The van der Waals surface area contributed by atoms with Gasteiger partial charge in [-0.3, -0.25) is 9.59 Å². The molecule has 0 fully saturated rings. The van der Waals surface area contributed by atoms with Crippen LogP contribution in [-0.2, 0) is 4.79 Å². The van der Waals surface area contributed by atoms with E-state index in [1.54, 1.807) is 6.92 Å². The Balaban J connectivity index is 1.95. The monoisotopic (exact) mass is 420 g/mol. The maximum atomic E-state index is 13.1. The second-order valence-corrected chi connectivity index (χ2v) is 8.13. The van der Waals surface area contributed by atoms with Crippen molar-refractivity contribution in [3.8, 4) is 6.07 Å². The van der Waals surface area contributed by atoms with Gasteiger partial charge in [0.2, 0.25) is 0 Å². The fourth-order valence-electron chi connectivity index (χ4n) is 3.53. The molecule has 0 radical (unpaired) electrons. The number of carbonyl (C=O) groups is 2. The van der Waals surface area contributed by atoms with E-state index in [0.29, 0.717) is 27.4 Å². The molecule has 2 aromatic carbocycles. The summed E-state index contributed by atoms with van der Waals surface area (Å²) < 4.78 is 13.1. The number of allylic oxidation sites excluding steroid dienone is 3. The summed E-state index contributed by atoms with van der Waals surface area (Å²) in [6.45, 7) is 5.26. The van der Waals surface area contributed by atoms with E-state index in [0.717, 1.165) is 11.1 Å². The van der Waals surface area contributed by atoms with Gasteiger partial charge in [-0.15, -0.1) is 0 Å². The van der Waals surface area contributed by atoms with Crippen molar-refractivity contribution in [3.63, 3.8) is 0 Å². The van der Waals surface area contributed by atoms with Gasteiger partial charge in [0.15, 0.2) is 11.6 Å². The molecule has 1 aliphatic heterocycles. The molecule has 30 heavy (non-hydrogen) atoms. The molecular weight excluding hydrogens is 399 g/mol. The lowest BCUT2D eigenvalue weighted by atomic mass is 9.80. The van der Waals surface area contributed by atoms with Crippen molar-refractivity contribution in [3.05, 3.63) is 92.9 Å². The molecule has 0 aliphatic carbocycles. The predicted octanol–water partition coefficient (Wildman–Crippen LogP) is 5.04. The molecule has 0 aromatic heterocycles. The van der Waals surface area contributed by atoms with E-state index in [-0.39, 0.29) is 17.3 Å². The Morgan fingerprint density at radius 2 is 1.87 bits per heavy atom. The minimum absolute atomic E-state index is 0.0857. The largest absolute Gasteiger partial charge is 0.353 e. The Labute approximate surface area is 179 Å². The molecule has 0 unspecified atom stereocenters. The molecule has 1 atom stereocenters. The summed E-state index contributed by atoms with van der Waals surface area (Å²) in [5, 5.41) is 13.6. The number of ketones is 2. The third-order valence-electron chi connectivity index (χ3n) is 4.92. The lowest BCUT2D eigenvalue weighted by Crippen LogP contribution is -2.27. The van der Waals surface area contributed by atoms with Crippen molar-refractivity contribution in [2.75, 3.05) is 5.75 Å². The molecular formula is C24H21FN2O2S. The van der Waals surface area contributed by atoms with E-state index in [4.69, 9.17) is 0 Å². The summed E-state index contributed by atoms with van der Waals surface area (Å²) in [7, 11) is 0. The van der Waals surface area contributed by atoms with Gasteiger partial charge in [-0.05, 0) is 50.6 Å². The maximum absolute atomic E-state index is 13.1. The predicted molar refractivity (Wildman–Crippen MR) is 116 cm³/mol. The molecule has 3 rings (SSSR count). The van der Waals surface area contributed by atoms with E-state index in [2.05, 4.69) is 11.4 Å². The van der Waals surface area contributed by atoms with Gasteiger partial charge < -0.3 is 5.32 Å². The van der Waals surface area contributed by atoms with Crippen LogP contribution in [0.5, 0.6) is 0 Å². The average Bonchev–Trinajstić information content (AvgIpc) is 2.71. The fourth-order valence-corrected chi connectivity index (χ4v) is 4.52. The number of hydrogen-bond donors (Lipinski definition) is 1. The Bertz CT molecular complexity index is 1110. The number of nitriles is 1. The first-order valence-electron chi connectivity index (χ1n) is 9.43. The standard InChI is InChI=1S/C24H21FN2O2S/c1-14-5-4-6-18(11-14)23-20(12-26)24(27-15(2)22(23)16(3)28)30-13-21(29)17-7-9-19(25)10-8-17/h4-11,23,27H,13H2,1-3H3/t23-/m1/s1. The van der Waals surface area contributed by atoms with E-state index >= 15 is 0 Å². The van der Waals surface area contributed by atoms with Gasteiger partial charge in [0.25, 0.3) is 0 Å². The van der Waals surface area contributed by atoms with Crippen LogP contribution in [0.2, 0.25) is 0 Å².